The lowest BCUT2D eigenvalue weighted by atomic mass is 9.98. The molecule has 2 heterocycles. The molecule has 0 spiro atoms. The van der Waals surface area contributed by atoms with E-state index in [-0.39, 0.29) is 0 Å². The van der Waals surface area contributed by atoms with E-state index in [0.717, 1.165) is 44.6 Å². The predicted octanol–water partition coefficient (Wildman–Crippen LogP) is 15.6. The summed E-state index contributed by atoms with van der Waals surface area (Å²) < 4.78 is 8.87. The summed E-state index contributed by atoms with van der Waals surface area (Å²) in [4.78, 5) is 2.35. The maximum atomic E-state index is 6.22. The van der Waals surface area contributed by atoms with Crippen LogP contribution in [-0.2, 0) is 0 Å². The van der Waals surface area contributed by atoms with Crippen LogP contribution >= 0.6 is 11.3 Å². The molecule has 0 saturated heterocycles. The molecule has 258 valence electrons. The summed E-state index contributed by atoms with van der Waals surface area (Å²) in [6, 6.07) is 72.1. The Labute approximate surface area is 322 Å². The van der Waals surface area contributed by atoms with Crippen molar-refractivity contribution in [2.75, 3.05) is 4.90 Å². The van der Waals surface area contributed by atoms with Gasteiger partial charge in [-0.1, -0.05) is 146 Å². The van der Waals surface area contributed by atoms with E-state index in [2.05, 4.69) is 193 Å². The summed E-state index contributed by atoms with van der Waals surface area (Å²) in [6.07, 6.45) is 0. The highest BCUT2D eigenvalue weighted by Crippen LogP contribution is 2.44. The van der Waals surface area contributed by atoms with Gasteiger partial charge in [0.25, 0.3) is 0 Å². The quantitative estimate of drug-likeness (QED) is 0.170. The molecule has 0 atom stereocenters. The van der Waals surface area contributed by atoms with Gasteiger partial charge >= 0.3 is 0 Å². The van der Waals surface area contributed by atoms with E-state index >= 15 is 0 Å². The topological polar surface area (TPSA) is 16.4 Å². The molecule has 0 saturated carbocycles. The molecule has 9 aromatic carbocycles. The molecule has 2 nitrogen and oxygen atoms in total. The second kappa shape index (κ2) is 12.9. The number of anilines is 3. The molecule has 55 heavy (non-hydrogen) atoms. The van der Waals surface area contributed by atoms with E-state index in [4.69, 9.17) is 4.42 Å². The van der Waals surface area contributed by atoms with Crippen LogP contribution in [0.25, 0.3) is 86.3 Å². The number of hydrogen-bond acceptors (Lipinski definition) is 3. The molecular formula is C52H33NOS. The second-order valence-corrected chi connectivity index (χ2v) is 15.1. The first-order chi connectivity index (χ1) is 27.3. The van der Waals surface area contributed by atoms with Crippen molar-refractivity contribution in [1.82, 2.24) is 0 Å². The van der Waals surface area contributed by atoms with Gasteiger partial charge in [-0.2, -0.15) is 0 Å². The first-order valence-corrected chi connectivity index (χ1v) is 19.5. The van der Waals surface area contributed by atoms with Crippen LogP contribution in [0.2, 0.25) is 0 Å². The van der Waals surface area contributed by atoms with Crippen LogP contribution in [0.1, 0.15) is 0 Å². The summed E-state index contributed by atoms with van der Waals surface area (Å²) in [6.45, 7) is 0. The minimum absolute atomic E-state index is 0.905. The van der Waals surface area contributed by atoms with Crippen LogP contribution in [0.5, 0.6) is 0 Å². The lowest BCUT2D eigenvalue weighted by Crippen LogP contribution is -2.09. The Bertz CT molecular complexity index is 3170. The van der Waals surface area contributed by atoms with Gasteiger partial charge in [-0.3, -0.25) is 0 Å². The number of furan rings is 1. The Morgan fingerprint density at radius 1 is 0.345 bits per heavy atom. The van der Waals surface area contributed by atoms with Gasteiger partial charge in [-0.05, 0) is 98.8 Å². The van der Waals surface area contributed by atoms with Crippen molar-refractivity contribution in [3.63, 3.8) is 0 Å². The Balaban J connectivity index is 1.01. The fourth-order valence-electron chi connectivity index (χ4n) is 8.27. The van der Waals surface area contributed by atoms with Gasteiger partial charge < -0.3 is 9.32 Å². The highest BCUT2D eigenvalue weighted by Gasteiger charge is 2.17. The fourth-order valence-corrected chi connectivity index (χ4v) is 9.53. The summed E-state index contributed by atoms with van der Waals surface area (Å²) >= 11 is 1.89. The van der Waals surface area contributed by atoms with Crippen molar-refractivity contribution in [2.45, 2.75) is 0 Å². The molecule has 0 radical (unpaired) electrons. The van der Waals surface area contributed by atoms with Crippen molar-refractivity contribution in [2.24, 2.45) is 0 Å². The Hall–Kier alpha value is -6.94. The van der Waals surface area contributed by atoms with Crippen LogP contribution < -0.4 is 4.90 Å². The fraction of sp³-hybridized carbons (Fsp3) is 0. The lowest BCUT2D eigenvalue weighted by Gasteiger charge is -2.26. The van der Waals surface area contributed by atoms with E-state index < -0.39 is 0 Å². The first-order valence-electron chi connectivity index (χ1n) is 18.7. The monoisotopic (exact) mass is 719 g/mol. The number of para-hydroxylation sites is 1. The van der Waals surface area contributed by atoms with Crippen LogP contribution in [0.4, 0.5) is 17.1 Å². The lowest BCUT2D eigenvalue weighted by molar-refractivity contribution is 0.669. The number of benzene rings is 9. The van der Waals surface area contributed by atoms with Gasteiger partial charge in [0, 0.05) is 48.0 Å². The molecule has 0 aliphatic rings. The molecule has 11 aromatic rings. The van der Waals surface area contributed by atoms with E-state index in [1.165, 1.54) is 58.8 Å². The van der Waals surface area contributed by atoms with Crippen LogP contribution in [-0.4, -0.2) is 0 Å². The molecular weight excluding hydrogens is 687 g/mol. The summed E-state index contributed by atoms with van der Waals surface area (Å²) in [5.74, 6) is 0. The van der Waals surface area contributed by atoms with Crippen LogP contribution in [0, 0.1) is 0 Å². The summed E-state index contributed by atoms with van der Waals surface area (Å²) in [5.41, 5.74) is 12.3. The molecule has 0 unspecified atom stereocenters. The summed E-state index contributed by atoms with van der Waals surface area (Å²) in [5, 5.41) is 7.55. The highest BCUT2D eigenvalue weighted by atomic mass is 32.1. The van der Waals surface area contributed by atoms with Crippen molar-refractivity contribution >= 4 is 81.3 Å². The van der Waals surface area contributed by atoms with Crippen molar-refractivity contribution in [1.29, 1.82) is 0 Å². The number of nitrogens with zero attached hydrogens (tertiary/aromatic N) is 1. The Kier molecular flexibility index (Phi) is 7.39. The van der Waals surface area contributed by atoms with Gasteiger partial charge in [-0.15, -0.1) is 11.3 Å². The number of rotatable bonds is 6. The van der Waals surface area contributed by atoms with Gasteiger partial charge in [0.15, 0.2) is 0 Å². The molecule has 0 bridgehead atoms. The van der Waals surface area contributed by atoms with Gasteiger partial charge in [0.05, 0.1) is 0 Å². The predicted molar refractivity (Wildman–Crippen MR) is 235 cm³/mol. The third-order valence-electron chi connectivity index (χ3n) is 10.9. The van der Waals surface area contributed by atoms with E-state index in [1.807, 2.05) is 23.5 Å². The summed E-state index contributed by atoms with van der Waals surface area (Å²) in [7, 11) is 0. The van der Waals surface area contributed by atoms with E-state index in [0.29, 0.717) is 0 Å². The third kappa shape index (κ3) is 5.32. The van der Waals surface area contributed by atoms with Crippen molar-refractivity contribution in [3.05, 3.63) is 200 Å². The van der Waals surface area contributed by atoms with E-state index in [1.54, 1.807) is 0 Å². The SMILES string of the molecule is c1ccc(-c2ccc(N(c3ccc(-c4cccc5c4sc4ccc6ccccc6c45)cc3)c3ccc(-c4cccc5oc6ccccc6c45)cc3)cc2)cc1. The molecule has 11 rings (SSSR count). The van der Waals surface area contributed by atoms with Gasteiger partial charge in [-0.25, -0.2) is 0 Å². The smallest absolute Gasteiger partial charge is 0.136 e. The Morgan fingerprint density at radius 3 is 1.64 bits per heavy atom. The average Bonchev–Trinajstić information content (AvgIpc) is 3.84. The number of thiophene rings is 1. The standard InChI is InChI=1S/C52H33NOS/c1-2-10-34(11-3-1)35-20-27-39(28-21-35)53(40-29-22-37(23-30-40)42-15-9-19-48-50(42)45-14-6-7-18-47(45)54-48)41-31-24-38(25-32-41)44-16-8-17-46-51-43-13-5-4-12-36(43)26-33-49(51)55-52(44)46/h1-33H. The zero-order valence-electron chi connectivity index (χ0n) is 29.8. The number of hydrogen-bond donors (Lipinski definition) is 0. The normalized spacial score (nSPS) is 11.6. The molecule has 3 heteroatoms. The zero-order chi connectivity index (χ0) is 36.3. The molecule has 0 amide bonds. The molecule has 0 N–H and O–H groups in total. The minimum atomic E-state index is 0.905. The molecule has 0 aliphatic heterocycles. The largest absolute Gasteiger partial charge is 0.456 e. The zero-order valence-corrected chi connectivity index (χ0v) is 30.6. The molecule has 0 aliphatic carbocycles. The molecule has 0 fully saturated rings. The van der Waals surface area contributed by atoms with E-state index in [9.17, 15) is 0 Å². The maximum Gasteiger partial charge on any atom is 0.136 e. The first kappa shape index (κ1) is 31.6. The van der Waals surface area contributed by atoms with Crippen molar-refractivity contribution < 1.29 is 4.42 Å². The molecule has 2 aromatic heterocycles. The van der Waals surface area contributed by atoms with Gasteiger partial charge in [0.2, 0.25) is 0 Å². The Morgan fingerprint density at radius 2 is 0.891 bits per heavy atom. The average molecular weight is 720 g/mol. The highest BCUT2D eigenvalue weighted by molar-refractivity contribution is 7.26. The third-order valence-corrected chi connectivity index (χ3v) is 12.1. The van der Waals surface area contributed by atoms with Crippen LogP contribution in [0.3, 0.4) is 0 Å². The maximum absolute atomic E-state index is 6.22. The van der Waals surface area contributed by atoms with Crippen molar-refractivity contribution in [3.8, 4) is 33.4 Å². The number of fused-ring (bicyclic) bond motifs is 8. The van der Waals surface area contributed by atoms with Gasteiger partial charge in [0.1, 0.15) is 11.2 Å². The minimum Gasteiger partial charge on any atom is -0.456 e. The second-order valence-electron chi connectivity index (χ2n) is 14.1. The van der Waals surface area contributed by atoms with Crippen LogP contribution in [0.15, 0.2) is 205 Å².